The Morgan fingerprint density at radius 1 is 0.880 bits per heavy atom. The van der Waals surface area contributed by atoms with Crippen LogP contribution in [0.1, 0.15) is 51.2 Å². The van der Waals surface area contributed by atoms with Crippen LogP contribution in [0.15, 0.2) is 60.7 Å². The lowest BCUT2D eigenvalue weighted by molar-refractivity contribution is -0.160. The van der Waals surface area contributed by atoms with Crippen LogP contribution in [0.3, 0.4) is 0 Å². The van der Waals surface area contributed by atoms with Crippen LogP contribution in [0.2, 0.25) is 0 Å². The summed E-state index contributed by atoms with van der Waals surface area (Å²) < 4.78 is 5.64. The zero-order valence-corrected chi connectivity index (χ0v) is 15.3. The fourth-order valence-corrected chi connectivity index (χ4v) is 3.42. The summed E-state index contributed by atoms with van der Waals surface area (Å²) in [6.07, 6.45) is 2.48. The van der Waals surface area contributed by atoms with Crippen LogP contribution in [0.5, 0.6) is 0 Å². The van der Waals surface area contributed by atoms with Gasteiger partial charge in [0.1, 0.15) is 5.60 Å². The molecule has 25 heavy (non-hydrogen) atoms. The Balaban J connectivity index is 1.95. The van der Waals surface area contributed by atoms with Gasteiger partial charge in [-0.05, 0) is 62.3 Å². The average molecular weight is 334 g/mol. The Morgan fingerprint density at radius 3 is 1.92 bits per heavy atom. The Hall–Kier alpha value is -2.35. The molecule has 0 radical (unpaired) electrons. The first kappa shape index (κ1) is 17.5. The molecule has 0 saturated carbocycles. The van der Waals surface area contributed by atoms with E-state index >= 15 is 0 Å². The number of carbonyl (C=O) groups excluding carboxylic acids is 1. The second-order valence-corrected chi connectivity index (χ2v) is 7.66. The maximum absolute atomic E-state index is 12.6. The smallest absolute Gasteiger partial charge is 0.309 e. The minimum atomic E-state index is -0.437. The highest BCUT2D eigenvalue weighted by atomic mass is 16.6. The number of benzene rings is 2. The Bertz CT molecular complexity index is 752. The van der Waals surface area contributed by atoms with Gasteiger partial charge in [0.05, 0.1) is 5.92 Å². The van der Waals surface area contributed by atoms with E-state index in [4.69, 9.17) is 4.74 Å². The summed E-state index contributed by atoms with van der Waals surface area (Å²) in [5.74, 6) is -0.144. The summed E-state index contributed by atoms with van der Waals surface area (Å²) in [5.41, 5.74) is 4.65. The Kier molecular flexibility index (Phi) is 5.08. The standard InChI is InChI=1S/C23H26O2/c1-23(2,3)25-22(24)19-14-15-20(17-10-6-4-7-11-17)21(16-19)18-12-8-5-9-13-18/h4-13,19H,14-16H2,1-3H3. The van der Waals surface area contributed by atoms with Crippen LogP contribution >= 0.6 is 0 Å². The maximum Gasteiger partial charge on any atom is 0.309 e. The number of rotatable bonds is 3. The van der Waals surface area contributed by atoms with Crippen LogP contribution in [0, 0.1) is 5.92 Å². The zero-order chi connectivity index (χ0) is 17.9. The van der Waals surface area contributed by atoms with Gasteiger partial charge < -0.3 is 4.74 Å². The molecule has 0 heterocycles. The van der Waals surface area contributed by atoms with Crippen LogP contribution in [0.4, 0.5) is 0 Å². The largest absolute Gasteiger partial charge is 0.460 e. The molecule has 0 aliphatic heterocycles. The first-order valence-corrected chi connectivity index (χ1v) is 9.00. The lowest BCUT2D eigenvalue weighted by Gasteiger charge is -2.29. The van der Waals surface area contributed by atoms with Gasteiger partial charge >= 0.3 is 5.97 Å². The van der Waals surface area contributed by atoms with E-state index in [1.165, 1.54) is 22.3 Å². The van der Waals surface area contributed by atoms with E-state index < -0.39 is 5.60 Å². The second kappa shape index (κ2) is 7.26. The lowest BCUT2D eigenvalue weighted by Crippen LogP contribution is -2.30. The third kappa shape index (κ3) is 4.39. The summed E-state index contributed by atoms with van der Waals surface area (Å²) in [6, 6.07) is 20.9. The van der Waals surface area contributed by atoms with Gasteiger partial charge in [0, 0.05) is 0 Å². The second-order valence-electron chi connectivity index (χ2n) is 7.66. The van der Waals surface area contributed by atoms with Crippen LogP contribution in [-0.4, -0.2) is 11.6 Å². The molecule has 2 aromatic rings. The molecule has 0 amide bonds. The summed E-state index contributed by atoms with van der Waals surface area (Å²) in [4.78, 5) is 12.6. The minimum absolute atomic E-state index is 0.0677. The van der Waals surface area contributed by atoms with E-state index in [0.717, 1.165) is 19.3 Å². The van der Waals surface area contributed by atoms with Crippen molar-refractivity contribution in [2.45, 2.75) is 45.6 Å². The van der Waals surface area contributed by atoms with Gasteiger partial charge in [-0.25, -0.2) is 0 Å². The van der Waals surface area contributed by atoms with Crippen molar-refractivity contribution in [3.8, 4) is 0 Å². The number of hydrogen-bond acceptors (Lipinski definition) is 2. The predicted octanol–water partition coefficient (Wildman–Crippen LogP) is 5.74. The first-order valence-electron chi connectivity index (χ1n) is 9.00. The van der Waals surface area contributed by atoms with Crippen LogP contribution in [0.25, 0.3) is 11.1 Å². The summed E-state index contributed by atoms with van der Waals surface area (Å²) >= 11 is 0. The van der Waals surface area contributed by atoms with Crippen molar-refractivity contribution >= 4 is 17.1 Å². The quantitative estimate of drug-likeness (QED) is 0.669. The molecular formula is C23H26O2. The predicted molar refractivity (Wildman–Crippen MR) is 103 cm³/mol. The highest BCUT2D eigenvalue weighted by molar-refractivity contribution is 5.93. The third-order valence-corrected chi connectivity index (χ3v) is 4.54. The lowest BCUT2D eigenvalue weighted by atomic mass is 9.78. The molecule has 3 rings (SSSR count). The van der Waals surface area contributed by atoms with Crippen molar-refractivity contribution in [3.63, 3.8) is 0 Å². The molecule has 0 saturated heterocycles. The van der Waals surface area contributed by atoms with Crippen molar-refractivity contribution in [2.75, 3.05) is 0 Å². The molecule has 2 nitrogen and oxygen atoms in total. The van der Waals surface area contributed by atoms with Crippen molar-refractivity contribution in [1.82, 2.24) is 0 Å². The normalized spacial score (nSPS) is 18.1. The van der Waals surface area contributed by atoms with Gasteiger partial charge in [-0.1, -0.05) is 60.7 Å². The number of allylic oxidation sites excluding steroid dienone is 2. The molecule has 0 aromatic heterocycles. The highest BCUT2D eigenvalue weighted by Crippen LogP contribution is 2.41. The van der Waals surface area contributed by atoms with Gasteiger partial charge in [0.25, 0.3) is 0 Å². The van der Waals surface area contributed by atoms with Crippen molar-refractivity contribution in [3.05, 3.63) is 71.8 Å². The summed E-state index contributed by atoms with van der Waals surface area (Å²) in [6.45, 7) is 5.78. The fraction of sp³-hybridized carbons (Fsp3) is 0.348. The maximum atomic E-state index is 12.6. The molecule has 1 atom stereocenters. The van der Waals surface area contributed by atoms with Gasteiger partial charge in [-0.3, -0.25) is 4.79 Å². The van der Waals surface area contributed by atoms with Gasteiger partial charge in [0.2, 0.25) is 0 Å². The Morgan fingerprint density at radius 2 is 1.40 bits per heavy atom. The van der Waals surface area contributed by atoms with E-state index in [1.54, 1.807) is 0 Å². The molecule has 1 aliphatic carbocycles. The van der Waals surface area contributed by atoms with Gasteiger partial charge in [0.15, 0.2) is 0 Å². The molecule has 2 aromatic carbocycles. The summed E-state index contributed by atoms with van der Waals surface area (Å²) in [5, 5.41) is 0. The molecule has 0 spiro atoms. The molecule has 130 valence electrons. The molecular weight excluding hydrogens is 308 g/mol. The molecule has 1 aliphatic rings. The molecule has 0 bridgehead atoms. The monoisotopic (exact) mass is 334 g/mol. The van der Waals surface area contributed by atoms with Gasteiger partial charge in [-0.15, -0.1) is 0 Å². The number of ether oxygens (including phenoxy) is 1. The SMILES string of the molecule is CC(C)(C)OC(=O)C1CCC(c2ccccc2)=C(c2ccccc2)C1. The number of hydrogen-bond donors (Lipinski definition) is 0. The van der Waals surface area contributed by atoms with Gasteiger partial charge in [-0.2, -0.15) is 0 Å². The molecule has 0 N–H and O–H groups in total. The van der Waals surface area contributed by atoms with Crippen molar-refractivity contribution in [2.24, 2.45) is 5.92 Å². The van der Waals surface area contributed by atoms with E-state index in [-0.39, 0.29) is 11.9 Å². The number of carbonyl (C=O) groups is 1. The van der Waals surface area contributed by atoms with Crippen molar-refractivity contribution < 1.29 is 9.53 Å². The average Bonchev–Trinajstić information content (AvgIpc) is 2.61. The van der Waals surface area contributed by atoms with Crippen LogP contribution < -0.4 is 0 Å². The fourth-order valence-electron chi connectivity index (χ4n) is 3.42. The molecule has 1 unspecified atom stereocenters. The van der Waals surface area contributed by atoms with E-state index in [9.17, 15) is 4.79 Å². The van der Waals surface area contributed by atoms with E-state index in [2.05, 4.69) is 48.5 Å². The Labute approximate surface area is 150 Å². The minimum Gasteiger partial charge on any atom is -0.460 e. The first-order chi connectivity index (χ1) is 11.9. The zero-order valence-electron chi connectivity index (χ0n) is 15.3. The van der Waals surface area contributed by atoms with Crippen molar-refractivity contribution in [1.29, 1.82) is 0 Å². The number of esters is 1. The summed E-state index contributed by atoms with van der Waals surface area (Å²) in [7, 11) is 0. The topological polar surface area (TPSA) is 26.3 Å². The third-order valence-electron chi connectivity index (χ3n) is 4.54. The highest BCUT2D eigenvalue weighted by Gasteiger charge is 2.30. The molecule has 2 heteroatoms. The molecule has 0 fully saturated rings. The van der Waals surface area contributed by atoms with Crippen LogP contribution in [-0.2, 0) is 9.53 Å². The van der Waals surface area contributed by atoms with E-state index in [0.29, 0.717) is 0 Å². The van der Waals surface area contributed by atoms with E-state index in [1.807, 2.05) is 32.9 Å².